The molecule has 0 bridgehead atoms. The van der Waals surface area contributed by atoms with E-state index in [1.807, 2.05) is 38.1 Å². The molecular formula is C29H44ClN3O4S. The average molecular weight is 566 g/mol. The molecule has 0 aromatic heterocycles. The minimum absolute atomic E-state index is 0. The van der Waals surface area contributed by atoms with Crippen LogP contribution in [0.1, 0.15) is 51.5 Å². The van der Waals surface area contributed by atoms with Gasteiger partial charge in [0.2, 0.25) is 10.0 Å². The minimum Gasteiger partial charge on any atom is -0.465 e. The Balaban J connectivity index is 0.00000507. The minimum atomic E-state index is -3.58. The Morgan fingerprint density at radius 3 is 2.34 bits per heavy atom. The second kappa shape index (κ2) is 15.6. The van der Waals surface area contributed by atoms with Gasteiger partial charge in [-0.05, 0) is 55.3 Å². The van der Waals surface area contributed by atoms with E-state index in [2.05, 4.69) is 29.3 Å². The monoisotopic (exact) mass is 565 g/mol. The number of piperidine rings is 1. The van der Waals surface area contributed by atoms with Crippen molar-refractivity contribution in [3.63, 3.8) is 0 Å². The van der Waals surface area contributed by atoms with E-state index in [0.29, 0.717) is 24.0 Å². The first-order valence-electron chi connectivity index (χ1n) is 13.4. The van der Waals surface area contributed by atoms with Crippen LogP contribution in [0.3, 0.4) is 0 Å². The van der Waals surface area contributed by atoms with Crippen molar-refractivity contribution in [2.45, 2.75) is 57.0 Å². The molecule has 9 heteroatoms. The lowest BCUT2D eigenvalue weighted by Crippen LogP contribution is -2.52. The predicted molar refractivity (Wildman–Crippen MR) is 155 cm³/mol. The molecule has 2 aromatic carbocycles. The van der Waals surface area contributed by atoms with E-state index in [0.717, 1.165) is 44.5 Å². The van der Waals surface area contributed by atoms with Gasteiger partial charge in [0.1, 0.15) is 0 Å². The molecular weight excluding hydrogens is 522 g/mol. The molecule has 0 saturated carbocycles. The van der Waals surface area contributed by atoms with E-state index in [1.54, 1.807) is 31.3 Å². The third kappa shape index (κ3) is 9.06. The number of ether oxygens (including phenoxy) is 1. The number of likely N-dealkylation sites (N-methyl/N-ethyl adjacent to an activating group) is 1. The Hall–Kier alpha value is -1.97. The fraction of sp³-hybridized carbons (Fsp3) is 0.552. The number of rotatable bonds is 13. The first-order chi connectivity index (χ1) is 17.7. The number of hydrogen-bond acceptors (Lipinski definition) is 6. The Bertz CT molecular complexity index is 1070. The van der Waals surface area contributed by atoms with Gasteiger partial charge in [0.15, 0.2) is 0 Å². The molecule has 3 unspecified atom stereocenters. The number of nitrogens with one attached hydrogen (secondary N) is 1. The number of carbonyl (C=O) groups excluding carboxylic acids is 1. The van der Waals surface area contributed by atoms with Crippen molar-refractivity contribution in [1.82, 2.24) is 14.5 Å². The van der Waals surface area contributed by atoms with Crippen molar-refractivity contribution in [1.29, 1.82) is 0 Å². The Labute approximate surface area is 235 Å². The fourth-order valence-corrected chi connectivity index (χ4v) is 6.14. The number of esters is 1. The van der Waals surface area contributed by atoms with Crippen molar-refractivity contribution < 1.29 is 17.9 Å². The molecule has 3 atom stereocenters. The summed E-state index contributed by atoms with van der Waals surface area (Å²) in [5.74, 6) is 0.185. The van der Waals surface area contributed by atoms with Gasteiger partial charge in [0.05, 0.1) is 23.6 Å². The summed E-state index contributed by atoms with van der Waals surface area (Å²) in [6.45, 7) is 9.45. The average Bonchev–Trinajstić information content (AvgIpc) is 2.91. The van der Waals surface area contributed by atoms with Crippen LogP contribution >= 0.6 is 12.4 Å². The summed E-state index contributed by atoms with van der Waals surface area (Å²) >= 11 is 0. The Morgan fingerprint density at radius 2 is 1.74 bits per heavy atom. The SMILES string of the molecule is CCNC1CC(C(=O)OCC(C)C)CCN1CCC(CN(C)S(=O)(=O)c1ccccc1)c1ccccc1.Cl. The fourth-order valence-electron chi connectivity index (χ4n) is 4.90. The summed E-state index contributed by atoms with van der Waals surface area (Å²) in [4.78, 5) is 15.3. The zero-order valence-corrected chi connectivity index (χ0v) is 24.7. The van der Waals surface area contributed by atoms with Gasteiger partial charge in [-0.15, -0.1) is 12.4 Å². The molecule has 1 saturated heterocycles. The number of benzene rings is 2. The van der Waals surface area contributed by atoms with Crippen molar-refractivity contribution in [2.75, 3.05) is 39.8 Å². The molecule has 1 fully saturated rings. The molecule has 1 N–H and O–H groups in total. The van der Waals surface area contributed by atoms with Crippen LogP contribution in [0.4, 0.5) is 0 Å². The quantitative estimate of drug-likeness (QED) is 0.353. The largest absolute Gasteiger partial charge is 0.465 e. The lowest BCUT2D eigenvalue weighted by molar-refractivity contribution is -0.152. The Kier molecular flexibility index (Phi) is 13.2. The molecule has 1 aliphatic rings. The maximum Gasteiger partial charge on any atom is 0.309 e. The molecule has 0 spiro atoms. The zero-order valence-electron chi connectivity index (χ0n) is 23.1. The van der Waals surface area contributed by atoms with E-state index < -0.39 is 10.0 Å². The second-order valence-corrected chi connectivity index (χ2v) is 12.4. The molecule has 0 amide bonds. The highest BCUT2D eigenvalue weighted by atomic mass is 35.5. The zero-order chi connectivity index (χ0) is 26.8. The maximum atomic E-state index is 13.2. The van der Waals surface area contributed by atoms with Crippen molar-refractivity contribution in [2.24, 2.45) is 11.8 Å². The van der Waals surface area contributed by atoms with E-state index in [4.69, 9.17) is 4.74 Å². The number of sulfonamides is 1. The summed E-state index contributed by atoms with van der Waals surface area (Å²) in [5, 5.41) is 3.55. The highest BCUT2D eigenvalue weighted by molar-refractivity contribution is 7.89. The van der Waals surface area contributed by atoms with Gasteiger partial charge in [0, 0.05) is 26.7 Å². The number of carbonyl (C=O) groups is 1. The topological polar surface area (TPSA) is 79.0 Å². The van der Waals surface area contributed by atoms with Crippen molar-refractivity contribution >= 4 is 28.4 Å². The standard InChI is InChI=1S/C29H43N3O4S.ClH/c1-5-30-28-20-25(29(33)36-22-23(2)3)16-18-32(28)19-17-26(24-12-8-6-9-13-24)21-31(4)37(34,35)27-14-10-7-11-15-27;/h6-15,23,25-26,28,30H,5,16-22H2,1-4H3;1H. The smallest absolute Gasteiger partial charge is 0.309 e. The molecule has 0 aliphatic carbocycles. The van der Waals surface area contributed by atoms with Crippen LogP contribution in [0.25, 0.3) is 0 Å². The van der Waals surface area contributed by atoms with Gasteiger partial charge in [-0.1, -0.05) is 69.3 Å². The second-order valence-electron chi connectivity index (χ2n) is 10.3. The molecule has 2 aromatic rings. The normalized spacial score (nSPS) is 19.2. The van der Waals surface area contributed by atoms with Gasteiger partial charge < -0.3 is 10.1 Å². The molecule has 3 rings (SSSR count). The highest BCUT2D eigenvalue weighted by Gasteiger charge is 2.33. The summed E-state index contributed by atoms with van der Waals surface area (Å²) < 4.78 is 33.4. The van der Waals surface area contributed by atoms with Crippen LogP contribution in [0.2, 0.25) is 0 Å². The molecule has 38 heavy (non-hydrogen) atoms. The van der Waals surface area contributed by atoms with E-state index in [9.17, 15) is 13.2 Å². The number of nitrogens with zero attached hydrogens (tertiary/aromatic N) is 2. The van der Waals surface area contributed by atoms with Gasteiger partial charge in [-0.25, -0.2) is 12.7 Å². The van der Waals surface area contributed by atoms with E-state index in [1.165, 1.54) is 4.31 Å². The van der Waals surface area contributed by atoms with Crippen LogP contribution < -0.4 is 5.32 Å². The molecule has 1 heterocycles. The van der Waals surface area contributed by atoms with Gasteiger partial charge >= 0.3 is 5.97 Å². The van der Waals surface area contributed by atoms with Crippen LogP contribution in [0, 0.1) is 11.8 Å². The van der Waals surface area contributed by atoms with Crippen LogP contribution in [-0.4, -0.2) is 69.6 Å². The summed E-state index contributed by atoms with van der Waals surface area (Å²) in [6, 6.07) is 18.7. The third-order valence-corrected chi connectivity index (χ3v) is 8.85. The third-order valence-electron chi connectivity index (χ3n) is 7.01. The molecule has 212 valence electrons. The number of halogens is 1. The number of hydrogen-bond donors (Lipinski definition) is 1. The maximum absolute atomic E-state index is 13.2. The summed E-state index contributed by atoms with van der Waals surface area (Å²) in [6.07, 6.45) is 2.40. The lowest BCUT2D eigenvalue weighted by Gasteiger charge is -2.40. The highest BCUT2D eigenvalue weighted by Crippen LogP contribution is 2.28. The summed E-state index contributed by atoms with van der Waals surface area (Å²) in [5.41, 5.74) is 1.13. The van der Waals surface area contributed by atoms with E-state index in [-0.39, 0.29) is 36.4 Å². The van der Waals surface area contributed by atoms with Crippen LogP contribution in [0.5, 0.6) is 0 Å². The first kappa shape index (κ1) is 32.2. The van der Waals surface area contributed by atoms with Crippen molar-refractivity contribution in [3.05, 3.63) is 66.2 Å². The Morgan fingerprint density at radius 1 is 1.11 bits per heavy atom. The van der Waals surface area contributed by atoms with Crippen LogP contribution in [0.15, 0.2) is 65.6 Å². The first-order valence-corrected chi connectivity index (χ1v) is 14.9. The summed E-state index contributed by atoms with van der Waals surface area (Å²) in [7, 11) is -1.92. The van der Waals surface area contributed by atoms with Gasteiger partial charge in [0.25, 0.3) is 0 Å². The molecule has 7 nitrogen and oxygen atoms in total. The predicted octanol–water partition coefficient (Wildman–Crippen LogP) is 4.75. The van der Waals surface area contributed by atoms with Crippen LogP contribution in [-0.2, 0) is 19.6 Å². The van der Waals surface area contributed by atoms with Gasteiger partial charge in [-0.3, -0.25) is 9.69 Å². The van der Waals surface area contributed by atoms with Gasteiger partial charge in [-0.2, -0.15) is 0 Å². The van der Waals surface area contributed by atoms with Crippen molar-refractivity contribution in [3.8, 4) is 0 Å². The molecule has 0 radical (unpaired) electrons. The molecule has 1 aliphatic heterocycles. The van der Waals surface area contributed by atoms with E-state index >= 15 is 0 Å². The number of likely N-dealkylation sites (tertiary alicyclic amines) is 1. The lowest BCUT2D eigenvalue weighted by atomic mass is 9.92.